The van der Waals surface area contributed by atoms with E-state index < -0.39 is 0 Å². The Kier molecular flexibility index (Phi) is 6.12. The molecule has 1 aromatic heterocycles. The van der Waals surface area contributed by atoms with E-state index in [1.54, 1.807) is 6.07 Å². The van der Waals surface area contributed by atoms with Crippen molar-refractivity contribution in [2.45, 2.75) is 11.8 Å². The third-order valence-electron chi connectivity index (χ3n) is 3.27. The van der Waals surface area contributed by atoms with Gasteiger partial charge < -0.3 is 9.73 Å². The van der Waals surface area contributed by atoms with Crippen LogP contribution in [0.5, 0.6) is 0 Å². The van der Waals surface area contributed by atoms with Crippen LogP contribution in [0.4, 0.5) is 0 Å². The highest BCUT2D eigenvalue weighted by atomic mass is 79.9. The van der Waals surface area contributed by atoms with E-state index in [9.17, 15) is 4.79 Å². The number of hydrogen-bond donors (Lipinski definition) is 1. The molecule has 0 aliphatic carbocycles. The molecule has 128 valence electrons. The lowest BCUT2D eigenvalue weighted by molar-refractivity contribution is -0.118. The fourth-order valence-corrected chi connectivity index (χ4v) is 3.28. The molecule has 0 bridgehead atoms. The van der Waals surface area contributed by atoms with Crippen molar-refractivity contribution in [3.05, 3.63) is 63.6 Å². The molecule has 0 saturated heterocycles. The Balaban J connectivity index is 1.53. The van der Waals surface area contributed by atoms with Crippen LogP contribution in [-0.2, 0) is 11.3 Å². The van der Waals surface area contributed by atoms with Crippen molar-refractivity contribution in [2.24, 2.45) is 0 Å². The molecule has 0 spiro atoms. The van der Waals surface area contributed by atoms with Gasteiger partial charge in [0.25, 0.3) is 5.22 Å². The number of carbonyl (C=O) groups excluding carboxylic acids is 1. The lowest BCUT2D eigenvalue weighted by atomic mass is 10.2. The molecule has 0 unspecified atom stereocenters. The maximum absolute atomic E-state index is 12.0. The number of rotatable bonds is 6. The minimum absolute atomic E-state index is 0.134. The summed E-state index contributed by atoms with van der Waals surface area (Å²) in [5.41, 5.74) is 1.68. The molecule has 0 atom stereocenters. The highest BCUT2D eigenvalue weighted by molar-refractivity contribution is 9.10. The molecule has 0 aliphatic heterocycles. The van der Waals surface area contributed by atoms with E-state index in [2.05, 4.69) is 31.4 Å². The van der Waals surface area contributed by atoms with Crippen LogP contribution in [0, 0.1) is 0 Å². The van der Waals surface area contributed by atoms with E-state index >= 15 is 0 Å². The molecular formula is C17H13BrClN3O2S. The third-order valence-corrected chi connectivity index (χ3v) is 5.15. The number of hydrogen-bond acceptors (Lipinski definition) is 5. The SMILES string of the molecule is O=C(CSc1nnc(-c2ccccc2Br)o1)NCc1ccccc1Cl. The molecule has 1 N–H and O–H groups in total. The number of amides is 1. The van der Waals surface area contributed by atoms with E-state index in [1.807, 2.05) is 42.5 Å². The van der Waals surface area contributed by atoms with Crippen molar-refractivity contribution in [3.63, 3.8) is 0 Å². The van der Waals surface area contributed by atoms with Crippen molar-refractivity contribution in [1.29, 1.82) is 0 Å². The fraction of sp³-hybridized carbons (Fsp3) is 0.118. The number of nitrogens with zero attached hydrogens (tertiary/aromatic N) is 2. The van der Waals surface area contributed by atoms with E-state index in [0.717, 1.165) is 15.6 Å². The first-order chi connectivity index (χ1) is 12.1. The molecule has 2 aromatic carbocycles. The topological polar surface area (TPSA) is 68.0 Å². The van der Waals surface area contributed by atoms with Gasteiger partial charge in [0.15, 0.2) is 0 Å². The van der Waals surface area contributed by atoms with Gasteiger partial charge >= 0.3 is 0 Å². The molecule has 0 fully saturated rings. The van der Waals surface area contributed by atoms with E-state index in [4.69, 9.17) is 16.0 Å². The maximum Gasteiger partial charge on any atom is 0.277 e. The molecular weight excluding hydrogens is 426 g/mol. The predicted octanol–water partition coefficient (Wildman–Crippen LogP) is 4.56. The highest BCUT2D eigenvalue weighted by Gasteiger charge is 2.13. The lowest BCUT2D eigenvalue weighted by Gasteiger charge is -2.05. The van der Waals surface area contributed by atoms with E-state index in [0.29, 0.717) is 22.7 Å². The second-order valence-electron chi connectivity index (χ2n) is 5.01. The van der Waals surface area contributed by atoms with Crippen LogP contribution in [0.2, 0.25) is 5.02 Å². The first kappa shape index (κ1) is 18.0. The Labute approximate surface area is 162 Å². The van der Waals surface area contributed by atoms with E-state index in [-0.39, 0.29) is 11.7 Å². The van der Waals surface area contributed by atoms with Crippen molar-refractivity contribution in [3.8, 4) is 11.5 Å². The Morgan fingerprint density at radius 3 is 2.72 bits per heavy atom. The summed E-state index contributed by atoms with van der Waals surface area (Å²) in [6.07, 6.45) is 0. The summed E-state index contributed by atoms with van der Waals surface area (Å²) in [7, 11) is 0. The minimum Gasteiger partial charge on any atom is -0.411 e. The van der Waals surface area contributed by atoms with Gasteiger partial charge in [0, 0.05) is 16.0 Å². The van der Waals surface area contributed by atoms with Gasteiger partial charge in [-0.3, -0.25) is 4.79 Å². The van der Waals surface area contributed by atoms with Gasteiger partial charge in [-0.05, 0) is 39.7 Å². The lowest BCUT2D eigenvalue weighted by Crippen LogP contribution is -2.24. The Bertz CT molecular complexity index is 888. The molecule has 0 aliphatic rings. The third kappa shape index (κ3) is 4.84. The number of benzene rings is 2. The zero-order valence-corrected chi connectivity index (χ0v) is 16.1. The molecule has 0 saturated carbocycles. The van der Waals surface area contributed by atoms with Crippen molar-refractivity contribution < 1.29 is 9.21 Å². The Hall–Kier alpha value is -1.83. The fourth-order valence-electron chi connectivity index (χ4n) is 2.03. The Morgan fingerprint density at radius 2 is 1.92 bits per heavy atom. The van der Waals surface area contributed by atoms with Gasteiger partial charge in [-0.2, -0.15) is 0 Å². The van der Waals surface area contributed by atoms with Gasteiger partial charge in [0.05, 0.1) is 11.3 Å². The second-order valence-corrected chi connectivity index (χ2v) is 7.20. The number of aromatic nitrogens is 2. The maximum atomic E-state index is 12.0. The summed E-state index contributed by atoms with van der Waals surface area (Å²) in [6.45, 7) is 0.380. The van der Waals surface area contributed by atoms with Crippen LogP contribution in [0.1, 0.15) is 5.56 Å². The molecule has 8 heteroatoms. The summed E-state index contributed by atoms with van der Waals surface area (Å²) in [6, 6.07) is 15.0. The molecule has 3 rings (SSSR count). The molecule has 25 heavy (non-hydrogen) atoms. The zero-order valence-electron chi connectivity index (χ0n) is 12.9. The molecule has 5 nitrogen and oxygen atoms in total. The van der Waals surface area contributed by atoms with Crippen LogP contribution >= 0.6 is 39.3 Å². The molecule has 1 heterocycles. The van der Waals surface area contributed by atoms with Crippen LogP contribution < -0.4 is 5.32 Å². The van der Waals surface area contributed by atoms with Crippen LogP contribution in [-0.4, -0.2) is 21.9 Å². The largest absolute Gasteiger partial charge is 0.411 e. The first-order valence-corrected chi connectivity index (χ1v) is 9.50. The smallest absolute Gasteiger partial charge is 0.277 e. The normalized spacial score (nSPS) is 10.6. The average molecular weight is 439 g/mol. The molecule has 3 aromatic rings. The molecule has 1 amide bonds. The monoisotopic (exact) mass is 437 g/mol. The predicted molar refractivity (Wildman–Crippen MR) is 101 cm³/mol. The van der Waals surface area contributed by atoms with Crippen LogP contribution in [0.3, 0.4) is 0 Å². The van der Waals surface area contributed by atoms with Crippen LogP contribution in [0.15, 0.2) is 62.6 Å². The number of halogens is 2. The summed E-state index contributed by atoms with van der Waals surface area (Å²) in [5, 5.41) is 11.8. The summed E-state index contributed by atoms with van der Waals surface area (Å²) < 4.78 is 6.46. The molecule has 0 radical (unpaired) electrons. The van der Waals surface area contributed by atoms with Crippen molar-refractivity contribution in [2.75, 3.05) is 5.75 Å². The minimum atomic E-state index is -0.134. The number of nitrogens with one attached hydrogen (secondary N) is 1. The van der Waals surface area contributed by atoms with Crippen molar-refractivity contribution >= 4 is 45.2 Å². The van der Waals surface area contributed by atoms with Crippen molar-refractivity contribution in [1.82, 2.24) is 15.5 Å². The second kappa shape index (κ2) is 8.51. The number of carbonyl (C=O) groups is 1. The highest BCUT2D eigenvalue weighted by Crippen LogP contribution is 2.28. The quantitative estimate of drug-likeness (QED) is 0.571. The number of thioether (sulfide) groups is 1. The zero-order chi connectivity index (χ0) is 17.6. The summed E-state index contributed by atoms with van der Waals surface area (Å²) in [4.78, 5) is 12.0. The van der Waals surface area contributed by atoms with Gasteiger partial charge in [0.1, 0.15) is 0 Å². The summed E-state index contributed by atoms with van der Waals surface area (Å²) >= 11 is 10.7. The average Bonchev–Trinajstić information content (AvgIpc) is 3.08. The summed E-state index contributed by atoms with van der Waals surface area (Å²) in [5.74, 6) is 0.458. The van der Waals surface area contributed by atoms with E-state index in [1.165, 1.54) is 11.8 Å². The van der Waals surface area contributed by atoms with Gasteiger partial charge in [-0.25, -0.2) is 0 Å². The van der Waals surface area contributed by atoms with Crippen LogP contribution in [0.25, 0.3) is 11.5 Å². The van der Waals surface area contributed by atoms with Gasteiger partial charge in [-0.15, -0.1) is 10.2 Å². The standard InChI is InChI=1S/C17H13BrClN3O2S/c18-13-7-3-2-6-12(13)16-21-22-17(24-16)25-10-15(23)20-9-11-5-1-4-8-14(11)19/h1-8H,9-10H2,(H,20,23). The first-order valence-electron chi connectivity index (χ1n) is 7.35. The Morgan fingerprint density at radius 1 is 1.16 bits per heavy atom. The van der Waals surface area contributed by atoms with Gasteiger partial charge in [0.2, 0.25) is 11.8 Å². The van der Waals surface area contributed by atoms with Gasteiger partial charge in [-0.1, -0.05) is 53.7 Å².